The van der Waals surface area contributed by atoms with E-state index in [-0.39, 0.29) is 5.97 Å². The highest BCUT2D eigenvalue weighted by molar-refractivity contribution is 5.87. The Labute approximate surface area is 95.9 Å². The monoisotopic (exact) mass is 222 g/mol. The topological polar surface area (TPSA) is 44.1 Å². The van der Waals surface area contributed by atoms with Gasteiger partial charge in [-0.1, -0.05) is 0 Å². The number of hydrogen-bond acceptors (Lipinski definition) is 3. The molecule has 0 fully saturated rings. The number of aromatic nitrogens is 2. The fraction of sp³-hybridized carbons (Fsp3) is 0.500. The quantitative estimate of drug-likeness (QED) is 0.582. The third kappa shape index (κ3) is 4.29. The fourth-order valence-corrected chi connectivity index (χ4v) is 1.14. The van der Waals surface area contributed by atoms with Gasteiger partial charge in [0.1, 0.15) is 5.60 Å². The van der Waals surface area contributed by atoms with Gasteiger partial charge >= 0.3 is 5.97 Å². The van der Waals surface area contributed by atoms with Crippen LogP contribution in [0.3, 0.4) is 0 Å². The van der Waals surface area contributed by atoms with Crippen molar-refractivity contribution in [1.82, 2.24) is 9.78 Å². The summed E-state index contributed by atoms with van der Waals surface area (Å²) >= 11 is 0. The molecule has 0 aliphatic carbocycles. The molecule has 0 aliphatic rings. The Kier molecular flexibility index (Phi) is 3.88. The third-order valence-corrected chi connectivity index (χ3v) is 1.80. The van der Waals surface area contributed by atoms with Crippen molar-refractivity contribution >= 4 is 12.0 Å². The number of carbonyl (C=O) groups excluding carboxylic acids is 1. The summed E-state index contributed by atoms with van der Waals surface area (Å²) in [6, 6.07) is 0. The lowest BCUT2D eigenvalue weighted by atomic mass is 10.2. The fourth-order valence-electron chi connectivity index (χ4n) is 1.14. The van der Waals surface area contributed by atoms with Crippen LogP contribution in [0.1, 0.15) is 33.3 Å². The van der Waals surface area contributed by atoms with E-state index in [1.807, 2.05) is 33.9 Å². The van der Waals surface area contributed by atoms with Crippen molar-refractivity contribution in [2.45, 2.75) is 39.8 Å². The zero-order valence-electron chi connectivity index (χ0n) is 10.2. The normalized spacial score (nSPS) is 12.0. The molecule has 0 radical (unpaired) electrons. The van der Waals surface area contributed by atoms with Gasteiger partial charge in [-0.3, -0.25) is 4.68 Å². The average Bonchev–Trinajstić information content (AvgIpc) is 2.59. The van der Waals surface area contributed by atoms with Crippen LogP contribution < -0.4 is 0 Å². The Hall–Kier alpha value is -1.58. The number of carbonyl (C=O) groups is 1. The SMILES string of the molecule is CCn1cc(/C=C/C(=O)OC(C)(C)C)cn1. The summed E-state index contributed by atoms with van der Waals surface area (Å²) in [5.74, 6) is -0.336. The minimum atomic E-state index is -0.449. The predicted molar refractivity (Wildman–Crippen MR) is 62.8 cm³/mol. The largest absolute Gasteiger partial charge is 0.457 e. The molecule has 0 bridgehead atoms. The second-order valence-corrected chi connectivity index (χ2v) is 4.50. The zero-order valence-corrected chi connectivity index (χ0v) is 10.2. The van der Waals surface area contributed by atoms with Gasteiger partial charge in [-0.15, -0.1) is 0 Å². The Morgan fingerprint density at radius 3 is 2.75 bits per heavy atom. The summed E-state index contributed by atoms with van der Waals surface area (Å²) in [4.78, 5) is 11.4. The van der Waals surface area contributed by atoms with E-state index in [4.69, 9.17) is 4.74 Å². The van der Waals surface area contributed by atoms with E-state index in [1.165, 1.54) is 6.08 Å². The maximum Gasteiger partial charge on any atom is 0.331 e. The molecular formula is C12H18N2O2. The van der Waals surface area contributed by atoms with E-state index < -0.39 is 5.60 Å². The maximum absolute atomic E-state index is 11.4. The van der Waals surface area contributed by atoms with Crippen LogP contribution in [0.15, 0.2) is 18.5 Å². The number of ether oxygens (including phenoxy) is 1. The van der Waals surface area contributed by atoms with Gasteiger partial charge in [0.2, 0.25) is 0 Å². The molecule has 0 aromatic carbocycles. The van der Waals surface area contributed by atoms with Gasteiger partial charge in [-0.25, -0.2) is 4.79 Å². The highest BCUT2D eigenvalue weighted by Gasteiger charge is 2.13. The number of aryl methyl sites for hydroxylation is 1. The number of nitrogens with zero attached hydrogens (tertiary/aromatic N) is 2. The van der Waals surface area contributed by atoms with Crippen LogP contribution in [-0.4, -0.2) is 21.4 Å². The van der Waals surface area contributed by atoms with Crippen LogP contribution in [0.2, 0.25) is 0 Å². The molecule has 0 N–H and O–H groups in total. The molecule has 0 saturated heterocycles. The van der Waals surface area contributed by atoms with E-state index >= 15 is 0 Å². The molecule has 0 spiro atoms. The number of rotatable bonds is 3. The minimum Gasteiger partial charge on any atom is -0.457 e. The highest BCUT2D eigenvalue weighted by Crippen LogP contribution is 2.08. The van der Waals surface area contributed by atoms with Crippen LogP contribution >= 0.6 is 0 Å². The highest BCUT2D eigenvalue weighted by atomic mass is 16.6. The summed E-state index contributed by atoms with van der Waals surface area (Å²) in [5.41, 5.74) is 0.447. The minimum absolute atomic E-state index is 0.336. The van der Waals surface area contributed by atoms with Gasteiger partial charge < -0.3 is 4.74 Å². The van der Waals surface area contributed by atoms with Crippen molar-refractivity contribution in [2.75, 3.05) is 0 Å². The van der Waals surface area contributed by atoms with Gasteiger partial charge in [-0.2, -0.15) is 5.10 Å². The first-order valence-electron chi connectivity index (χ1n) is 5.34. The lowest BCUT2D eigenvalue weighted by Crippen LogP contribution is -2.22. The van der Waals surface area contributed by atoms with Crippen molar-refractivity contribution in [3.8, 4) is 0 Å². The lowest BCUT2D eigenvalue weighted by Gasteiger charge is -2.17. The molecule has 1 aromatic heterocycles. The Balaban J connectivity index is 2.56. The maximum atomic E-state index is 11.4. The molecule has 0 atom stereocenters. The zero-order chi connectivity index (χ0) is 12.2. The Bertz CT molecular complexity index is 386. The van der Waals surface area contributed by atoms with Gasteiger partial charge in [0.15, 0.2) is 0 Å². The summed E-state index contributed by atoms with van der Waals surface area (Å²) in [7, 11) is 0. The molecule has 1 aromatic rings. The predicted octanol–water partition coefficient (Wildman–Crippen LogP) is 2.26. The molecule has 4 nitrogen and oxygen atoms in total. The molecule has 0 unspecified atom stereocenters. The first kappa shape index (κ1) is 12.5. The number of hydrogen-bond donors (Lipinski definition) is 0. The van der Waals surface area contributed by atoms with Crippen molar-refractivity contribution in [3.05, 3.63) is 24.0 Å². The van der Waals surface area contributed by atoms with E-state index in [1.54, 1.807) is 17.0 Å². The molecule has 0 saturated carbocycles. The molecule has 16 heavy (non-hydrogen) atoms. The Morgan fingerprint density at radius 2 is 2.25 bits per heavy atom. The molecule has 4 heteroatoms. The van der Waals surface area contributed by atoms with Crippen LogP contribution in [-0.2, 0) is 16.1 Å². The van der Waals surface area contributed by atoms with E-state index in [2.05, 4.69) is 5.10 Å². The summed E-state index contributed by atoms with van der Waals surface area (Å²) < 4.78 is 6.94. The standard InChI is InChI=1S/C12H18N2O2/c1-5-14-9-10(8-13-14)6-7-11(15)16-12(2,3)4/h6-9H,5H2,1-4H3/b7-6+. The summed E-state index contributed by atoms with van der Waals surface area (Å²) in [5, 5.41) is 4.10. The summed E-state index contributed by atoms with van der Waals surface area (Å²) in [6.45, 7) is 8.35. The second kappa shape index (κ2) is 4.96. The van der Waals surface area contributed by atoms with Crippen molar-refractivity contribution in [2.24, 2.45) is 0 Å². The van der Waals surface area contributed by atoms with Crippen LogP contribution in [0.25, 0.3) is 6.08 Å². The van der Waals surface area contributed by atoms with Crippen molar-refractivity contribution in [3.63, 3.8) is 0 Å². The average molecular weight is 222 g/mol. The van der Waals surface area contributed by atoms with Gasteiger partial charge in [0, 0.05) is 24.4 Å². The molecule has 0 aliphatic heterocycles. The van der Waals surface area contributed by atoms with E-state index in [0.29, 0.717) is 0 Å². The molecule has 1 rings (SSSR count). The van der Waals surface area contributed by atoms with Crippen LogP contribution in [0.4, 0.5) is 0 Å². The van der Waals surface area contributed by atoms with Gasteiger partial charge in [0.25, 0.3) is 0 Å². The van der Waals surface area contributed by atoms with Crippen molar-refractivity contribution < 1.29 is 9.53 Å². The first-order valence-corrected chi connectivity index (χ1v) is 5.34. The second-order valence-electron chi connectivity index (χ2n) is 4.50. The number of esters is 1. The molecule has 88 valence electrons. The van der Waals surface area contributed by atoms with Crippen LogP contribution in [0, 0.1) is 0 Å². The van der Waals surface area contributed by atoms with E-state index in [0.717, 1.165) is 12.1 Å². The van der Waals surface area contributed by atoms with Crippen molar-refractivity contribution in [1.29, 1.82) is 0 Å². The lowest BCUT2D eigenvalue weighted by molar-refractivity contribution is -0.148. The van der Waals surface area contributed by atoms with Crippen LogP contribution in [0.5, 0.6) is 0 Å². The van der Waals surface area contributed by atoms with E-state index in [9.17, 15) is 4.79 Å². The molecule has 1 heterocycles. The molecule has 0 amide bonds. The first-order chi connectivity index (χ1) is 7.40. The van der Waals surface area contributed by atoms with Gasteiger partial charge in [-0.05, 0) is 33.8 Å². The smallest absolute Gasteiger partial charge is 0.331 e. The van der Waals surface area contributed by atoms with Gasteiger partial charge in [0.05, 0.1) is 6.20 Å². The third-order valence-electron chi connectivity index (χ3n) is 1.80. The Morgan fingerprint density at radius 1 is 1.56 bits per heavy atom. The summed E-state index contributed by atoms with van der Waals surface area (Å²) in [6.07, 6.45) is 6.71. The molecular weight excluding hydrogens is 204 g/mol.